The maximum atomic E-state index is 13.4. The number of benzene rings is 2. The molecule has 150 valence electrons. The van der Waals surface area contributed by atoms with Gasteiger partial charge in [-0.2, -0.15) is 0 Å². The molecular formula is C26H30N2O. The van der Waals surface area contributed by atoms with Crippen LogP contribution in [0, 0.1) is 5.92 Å². The average molecular weight is 387 g/mol. The van der Waals surface area contributed by atoms with Crippen molar-refractivity contribution in [3.8, 4) is 0 Å². The molecule has 0 saturated heterocycles. The van der Waals surface area contributed by atoms with Gasteiger partial charge in [0.25, 0.3) is 0 Å². The van der Waals surface area contributed by atoms with E-state index in [1.54, 1.807) is 0 Å². The zero-order valence-electron chi connectivity index (χ0n) is 17.0. The number of rotatable bonds is 7. The second-order valence-corrected chi connectivity index (χ2v) is 8.13. The number of amides is 1. The van der Waals surface area contributed by atoms with Crippen LogP contribution in [0.25, 0.3) is 0 Å². The Bertz CT molecular complexity index is 895. The monoisotopic (exact) mass is 386 g/mol. The Balaban J connectivity index is 1.53. The highest BCUT2D eigenvalue weighted by Crippen LogP contribution is 2.27. The minimum absolute atomic E-state index is 0.185. The number of carbonyl (C=O) groups excluding carboxylic acids is 1. The summed E-state index contributed by atoms with van der Waals surface area (Å²) >= 11 is 0. The molecule has 1 aliphatic rings. The number of carbonyl (C=O) groups is 1. The molecule has 2 aromatic carbocycles. The summed E-state index contributed by atoms with van der Waals surface area (Å²) in [5.41, 5.74) is 3.66. The van der Waals surface area contributed by atoms with E-state index in [0.29, 0.717) is 19.0 Å². The first-order valence-electron chi connectivity index (χ1n) is 10.8. The van der Waals surface area contributed by atoms with Gasteiger partial charge in [-0.05, 0) is 36.1 Å². The number of hydrogen-bond acceptors (Lipinski definition) is 1. The molecule has 4 rings (SSSR count). The Labute approximate surface area is 174 Å². The summed E-state index contributed by atoms with van der Waals surface area (Å²) in [5.74, 6) is 0.506. The zero-order chi connectivity index (χ0) is 19.9. The average Bonchev–Trinajstić information content (AvgIpc) is 3.21. The quantitative estimate of drug-likeness (QED) is 0.515. The smallest absolute Gasteiger partial charge is 0.226 e. The van der Waals surface area contributed by atoms with Crippen molar-refractivity contribution < 1.29 is 4.79 Å². The van der Waals surface area contributed by atoms with E-state index in [1.165, 1.54) is 36.1 Å². The second-order valence-electron chi connectivity index (χ2n) is 8.13. The Morgan fingerprint density at radius 3 is 2.14 bits per heavy atom. The predicted molar refractivity (Wildman–Crippen MR) is 117 cm³/mol. The largest absolute Gasteiger partial charge is 0.345 e. The molecule has 0 radical (unpaired) electrons. The van der Waals surface area contributed by atoms with E-state index in [2.05, 4.69) is 76.3 Å². The van der Waals surface area contributed by atoms with Gasteiger partial charge in [0.2, 0.25) is 5.91 Å². The molecule has 0 unspecified atom stereocenters. The highest BCUT2D eigenvalue weighted by Gasteiger charge is 2.26. The fourth-order valence-corrected chi connectivity index (χ4v) is 4.35. The van der Waals surface area contributed by atoms with Crippen LogP contribution in [0.1, 0.15) is 48.9 Å². The van der Waals surface area contributed by atoms with E-state index >= 15 is 0 Å². The lowest BCUT2D eigenvalue weighted by Crippen LogP contribution is -2.36. The Morgan fingerprint density at radius 2 is 1.45 bits per heavy atom. The van der Waals surface area contributed by atoms with Crippen molar-refractivity contribution >= 4 is 5.91 Å². The van der Waals surface area contributed by atoms with Crippen molar-refractivity contribution in [2.45, 2.75) is 51.7 Å². The Morgan fingerprint density at radius 1 is 0.793 bits per heavy atom. The molecule has 3 aromatic rings. The van der Waals surface area contributed by atoms with Crippen LogP contribution in [0.3, 0.4) is 0 Å². The van der Waals surface area contributed by atoms with Gasteiger partial charge in [-0.25, -0.2) is 0 Å². The minimum atomic E-state index is 0.185. The van der Waals surface area contributed by atoms with Crippen LogP contribution >= 0.6 is 0 Å². The lowest BCUT2D eigenvalue weighted by molar-refractivity contribution is -0.138. The van der Waals surface area contributed by atoms with Crippen molar-refractivity contribution in [1.82, 2.24) is 9.47 Å². The van der Waals surface area contributed by atoms with E-state index in [4.69, 9.17) is 0 Å². The molecule has 0 aliphatic heterocycles. The van der Waals surface area contributed by atoms with Gasteiger partial charge in [-0.1, -0.05) is 79.9 Å². The van der Waals surface area contributed by atoms with E-state index in [-0.39, 0.29) is 5.92 Å². The van der Waals surface area contributed by atoms with Crippen molar-refractivity contribution in [3.63, 3.8) is 0 Å². The van der Waals surface area contributed by atoms with Gasteiger partial charge in [0.15, 0.2) is 0 Å². The van der Waals surface area contributed by atoms with E-state index in [1.807, 2.05) is 12.1 Å². The summed E-state index contributed by atoms with van der Waals surface area (Å²) in [7, 11) is 0. The molecule has 1 aromatic heterocycles. The summed E-state index contributed by atoms with van der Waals surface area (Å²) < 4.78 is 2.27. The van der Waals surface area contributed by atoms with Crippen molar-refractivity contribution in [3.05, 3.63) is 95.8 Å². The third-order valence-corrected chi connectivity index (χ3v) is 5.95. The third-order valence-electron chi connectivity index (χ3n) is 5.95. The van der Waals surface area contributed by atoms with E-state index in [0.717, 1.165) is 19.4 Å². The van der Waals surface area contributed by atoms with Crippen LogP contribution < -0.4 is 0 Å². The summed E-state index contributed by atoms with van der Waals surface area (Å²) in [5, 5.41) is 0. The molecule has 1 saturated carbocycles. The van der Waals surface area contributed by atoms with Gasteiger partial charge >= 0.3 is 0 Å². The first-order valence-corrected chi connectivity index (χ1v) is 10.8. The molecule has 1 amide bonds. The molecular weight excluding hydrogens is 356 g/mol. The fourth-order valence-electron chi connectivity index (χ4n) is 4.35. The molecule has 0 bridgehead atoms. The van der Waals surface area contributed by atoms with Gasteiger partial charge in [0.05, 0.1) is 6.54 Å². The molecule has 29 heavy (non-hydrogen) atoms. The molecule has 3 heteroatoms. The topological polar surface area (TPSA) is 25.2 Å². The van der Waals surface area contributed by atoms with E-state index in [9.17, 15) is 4.79 Å². The summed E-state index contributed by atoms with van der Waals surface area (Å²) in [6, 6.07) is 25.1. The maximum Gasteiger partial charge on any atom is 0.226 e. The third kappa shape index (κ3) is 5.17. The van der Waals surface area contributed by atoms with Gasteiger partial charge in [0.1, 0.15) is 0 Å². The molecule has 1 fully saturated rings. The lowest BCUT2D eigenvalue weighted by atomic mass is 9.88. The van der Waals surface area contributed by atoms with Gasteiger partial charge in [-0.3, -0.25) is 4.79 Å². The minimum Gasteiger partial charge on any atom is -0.345 e. The van der Waals surface area contributed by atoms with E-state index < -0.39 is 0 Å². The van der Waals surface area contributed by atoms with Crippen molar-refractivity contribution in [2.75, 3.05) is 0 Å². The van der Waals surface area contributed by atoms with Crippen molar-refractivity contribution in [2.24, 2.45) is 5.92 Å². The summed E-state index contributed by atoms with van der Waals surface area (Å²) in [6.07, 6.45) is 7.82. The second kappa shape index (κ2) is 9.60. The van der Waals surface area contributed by atoms with Crippen LogP contribution in [0.15, 0.2) is 79.0 Å². The Kier molecular flexibility index (Phi) is 6.45. The molecule has 0 N–H and O–H groups in total. The first-order chi connectivity index (χ1) is 14.3. The predicted octanol–water partition coefficient (Wildman–Crippen LogP) is 5.65. The van der Waals surface area contributed by atoms with Gasteiger partial charge in [0, 0.05) is 30.9 Å². The van der Waals surface area contributed by atoms with Crippen LogP contribution in [0.4, 0.5) is 0 Å². The summed E-state index contributed by atoms with van der Waals surface area (Å²) in [4.78, 5) is 15.5. The van der Waals surface area contributed by atoms with Crippen LogP contribution in [0.2, 0.25) is 0 Å². The first kappa shape index (κ1) is 19.5. The molecule has 1 aliphatic carbocycles. The Hall–Kier alpha value is -2.81. The SMILES string of the molecule is O=C(C1CCCCC1)N(Cc1ccccc1)Cc1cccn1Cc1ccccc1. The number of hydrogen-bond donors (Lipinski definition) is 0. The highest BCUT2D eigenvalue weighted by atomic mass is 16.2. The molecule has 0 atom stereocenters. The van der Waals surface area contributed by atoms with Gasteiger partial charge in [-0.15, -0.1) is 0 Å². The van der Waals surface area contributed by atoms with Crippen LogP contribution in [-0.2, 0) is 24.4 Å². The maximum absolute atomic E-state index is 13.4. The van der Waals surface area contributed by atoms with Crippen LogP contribution in [-0.4, -0.2) is 15.4 Å². The lowest BCUT2D eigenvalue weighted by Gasteiger charge is -2.30. The number of aromatic nitrogens is 1. The number of nitrogens with zero attached hydrogens (tertiary/aromatic N) is 2. The summed E-state index contributed by atoms with van der Waals surface area (Å²) in [6.45, 7) is 2.16. The fraction of sp³-hybridized carbons (Fsp3) is 0.346. The van der Waals surface area contributed by atoms with Crippen LogP contribution in [0.5, 0.6) is 0 Å². The molecule has 1 heterocycles. The molecule has 0 spiro atoms. The van der Waals surface area contributed by atoms with Crippen molar-refractivity contribution in [1.29, 1.82) is 0 Å². The highest BCUT2D eigenvalue weighted by molar-refractivity contribution is 5.79. The zero-order valence-corrected chi connectivity index (χ0v) is 17.0. The molecule has 3 nitrogen and oxygen atoms in total. The normalized spacial score (nSPS) is 14.6. The standard InChI is InChI=1S/C26H30N2O/c29-26(24-15-8-3-9-16-24)28(20-23-13-6-2-7-14-23)21-25-17-10-18-27(25)19-22-11-4-1-5-12-22/h1-2,4-7,10-14,17-18,24H,3,8-9,15-16,19-21H2. The van der Waals surface area contributed by atoms with Gasteiger partial charge < -0.3 is 9.47 Å².